The fourth-order valence-electron chi connectivity index (χ4n) is 1.94. The normalized spacial score (nSPS) is 19.6. The topological polar surface area (TPSA) is 70.5 Å². The van der Waals surface area contributed by atoms with Crippen molar-refractivity contribution in [1.29, 1.82) is 0 Å². The van der Waals surface area contributed by atoms with Crippen molar-refractivity contribution in [3.63, 3.8) is 0 Å². The molecule has 1 aromatic rings. The van der Waals surface area contributed by atoms with Crippen LogP contribution in [0.2, 0.25) is 0 Å². The standard InChI is InChI=1S/C11H11F3N2O3S2/c12-11(13,14)10-15-7(5-21-10)9(19)16-1-2-20-4-6(16)3-8(17)18/h5-6H,1-4H2,(H,17,18). The zero-order chi connectivity index (χ0) is 15.6. The van der Waals surface area contributed by atoms with Crippen molar-refractivity contribution < 1.29 is 27.9 Å². The summed E-state index contributed by atoms with van der Waals surface area (Å²) in [5, 5.41) is 8.82. The molecule has 116 valence electrons. The van der Waals surface area contributed by atoms with Crippen molar-refractivity contribution in [2.75, 3.05) is 18.1 Å². The Morgan fingerprint density at radius 1 is 1.48 bits per heavy atom. The minimum absolute atomic E-state index is 0.227. The number of amides is 1. The molecule has 0 spiro atoms. The highest BCUT2D eigenvalue weighted by atomic mass is 32.2. The average Bonchev–Trinajstić information content (AvgIpc) is 2.87. The van der Waals surface area contributed by atoms with E-state index in [1.54, 1.807) is 0 Å². The van der Waals surface area contributed by atoms with Gasteiger partial charge in [-0.2, -0.15) is 24.9 Å². The van der Waals surface area contributed by atoms with Crippen LogP contribution in [0.3, 0.4) is 0 Å². The number of nitrogens with zero attached hydrogens (tertiary/aromatic N) is 2. The number of carboxylic acid groups (broad SMARTS) is 1. The molecule has 1 amide bonds. The molecule has 0 aliphatic carbocycles. The predicted octanol–water partition coefficient (Wildman–Crippen LogP) is 2.19. The Morgan fingerprint density at radius 2 is 2.19 bits per heavy atom. The van der Waals surface area contributed by atoms with Gasteiger partial charge in [0.05, 0.1) is 12.5 Å². The lowest BCUT2D eigenvalue weighted by Crippen LogP contribution is -2.47. The third-order valence-corrected chi connectivity index (χ3v) is 4.84. The smallest absolute Gasteiger partial charge is 0.443 e. The molecule has 0 saturated carbocycles. The number of hydrogen-bond acceptors (Lipinski definition) is 5. The Kier molecular flexibility index (Phi) is 4.77. The number of carbonyl (C=O) groups excluding carboxylic acids is 1. The van der Waals surface area contributed by atoms with Crippen LogP contribution in [0.5, 0.6) is 0 Å². The molecule has 0 aromatic carbocycles. The molecular weight excluding hydrogens is 329 g/mol. The number of hydrogen-bond donors (Lipinski definition) is 1. The van der Waals surface area contributed by atoms with Gasteiger partial charge in [-0.05, 0) is 0 Å². The van der Waals surface area contributed by atoms with E-state index < -0.39 is 29.1 Å². The van der Waals surface area contributed by atoms with Crippen LogP contribution in [0.25, 0.3) is 0 Å². The summed E-state index contributed by atoms with van der Waals surface area (Å²) in [6, 6.07) is -0.523. The largest absolute Gasteiger partial charge is 0.481 e. The quantitative estimate of drug-likeness (QED) is 0.913. The molecule has 2 heterocycles. The van der Waals surface area contributed by atoms with Crippen molar-refractivity contribution in [3.8, 4) is 0 Å². The number of thiazole rings is 1. The Bertz CT molecular complexity index is 547. The molecule has 0 radical (unpaired) electrons. The van der Waals surface area contributed by atoms with Gasteiger partial charge in [0.1, 0.15) is 5.69 Å². The zero-order valence-electron chi connectivity index (χ0n) is 10.6. The molecule has 1 saturated heterocycles. The number of carbonyl (C=O) groups is 2. The molecule has 1 aliphatic heterocycles. The maximum absolute atomic E-state index is 12.5. The average molecular weight is 340 g/mol. The maximum Gasteiger partial charge on any atom is 0.443 e. The van der Waals surface area contributed by atoms with Crippen LogP contribution in [0.15, 0.2) is 5.38 Å². The highest BCUT2D eigenvalue weighted by Gasteiger charge is 2.37. The van der Waals surface area contributed by atoms with Gasteiger partial charge in [0.25, 0.3) is 5.91 Å². The van der Waals surface area contributed by atoms with Gasteiger partial charge in [0, 0.05) is 23.4 Å². The molecule has 10 heteroatoms. The molecule has 1 aromatic heterocycles. The van der Waals surface area contributed by atoms with Gasteiger partial charge in [0.2, 0.25) is 0 Å². The first-order chi connectivity index (χ1) is 9.79. The summed E-state index contributed by atoms with van der Waals surface area (Å²) >= 11 is 1.87. The monoisotopic (exact) mass is 340 g/mol. The zero-order valence-corrected chi connectivity index (χ0v) is 12.2. The summed E-state index contributed by atoms with van der Waals surface area (Å²) in [4.78, 5) is 27.7. The summed E-state index contributed by atoms with van der Waals surface area (Å²) in [7, 11) is 0. The van der Waals surface area contributed by atoms with E-state index >= 15 is 0 Å². The number of carboxylic acids is 1. The maximum atomic E-state index is 12.5. The lowest BCUT2D eigenvalue weighted by Gasteiger charge is -2.34. The molecule has 1 N–H and O–H groups in total. The first-order valence-corrected chi connectivity index (χ1v) is 7.95. The van der Waals surface area contributed by atoms with Crippen molar-refractivity contribution in [2.24, 2.45) is 0 Å². The minimum atomic E-state index is -4.58. The van der Waals surface area contributed by atoms with E-state index in [0.717, 1.165) is 5.38 Å². The SMILES string of the molecule is O=C(O)CC1CSCCN1C(=O)c1csc(C(F)(F)F)n1. The molecule has 1 fully saturated rings. The van der Waals surface area contributed by atoms with Crippen molar-refractivity contribution in [2.45, 2.75) is 18.6 Å². The third-order valence-electron chi connectivity index (χ3n) is 2.86. The van der Waals surface area contributed by atoms with E-state index in [4.69, 9.17) is 5.11 Å². The number of alkyl halides is 3. The van der Waals surface area contributed by atoms with Crippen LogP contribution in [-0.4, -0.2) is 51.0 Å². The van der Waals surface area contributed by atoms with Gasteiger partial charge >= 0.3 is 12.1 Å². The highest BCUT2D eigenvalue weighted by Crippen LogP contribution is 2.32. The van der Waals surface area contributed by atoms with Gasteiger partial charge in [0.15, 0.2) is 5.01 Å². The molecule has 1 atom stereocenters. The van der Waals surface area contributed by atoms with E-state index in [1.165, 1.54) is 16.7 Å². The van der Waals surface area contributed by atoms with Crippen LogP contribution in [0.4, 0.5) is 13.2 Å². The van der Waals surface area contributed by atoms with Crippen LogP contribution >= 0.6 is 23.1 Å². The molecule has 0 bridgehead atoms. The Balaban J connectivity index is 2.17. The van der Waals surface area contributed by atoms with Crippen molar-refractivity contribution in [3.05, 3.63) is 16.1 Å². The second-order valence-corrected chi connectivity index (χ2v) is 6.37. The highest BCUT2D eigenvalue weighted by molar-refractivity contribution is 7.99. The van der Waals surface area contributed by atoms with Gasteiger partial charge < -0.3 is 10.0 Å². The number of aromatic nitrogens is 1. The van der Waals surface area contributed by atoms with E-state index in [-0.39, 0.29) is 12.1 Å². The van der Waals surface area contributed by atoms with Crippen molar-refractivity contribution in [1.82, 2.24) is 9.88 Å². The Hall–Kier alpha value is -1.29. The molecule has 1 aliphatic rings. The molecule has 5 nitrogen and oxygen atoms in total. The summed E-state index contributed by atoms with van der Waals surface area (Å²) in [6.07, 6.45) is -4.81. The molecule has 1 unspecified atom stereocenters. The number of halogens is 3. The first kappa shape index (κ1) is 16.1. The van der Waals surface area contributed by atoms with Gasteiger partial charge in [-0.3, -0.25) is 9.59 Å². The first-order valence-electron chi connectivity index (χ1n) is 5.92. The number of aliphatic carboxylic acids is 1. The second-order valence-electron chi connectivity index (χ2n) is 4.36. The lowest BCUT2D eigenvalue weighted by molar-refractivity contribution is -0.138. The van der Waals surface area contributed by atoms with Gasteiger partial charge in [-0.25, -0.2) is 4.98 Å². The fraction of sp³-hybridized carbons (Fsp3) is 0.545. The number of thioether (sulfide) groups is 1. The minimum Gasteiger partial charge on any atom is -0.481 e. The fourth-order valence-corrected chi connectivity index (χ4v) is 3.67. The molecular formula is C11H11F3N2O3S2. The van der Waals surface area contributed by atoms with Crippen LogP contribution in [0.1, 0.15) is 21.9 Å². The molecule has 2 rings (SSSR count). The number of rotatable bonds is 3. The third kappa shape index (κ3) is 3.88. The van der Waals surface area contributed by atoms with Crippen molar-refractivity contribution >= 4 is 35.0 Å². The van der Waals surface area contributed by atoms with Crippen LogP contribution in [-0.2, 0) is 11.0 Å². The Labute approximate surface area is 126 Å². The van der Waals surface area contributed by atoms with E-state index in [0.29, 0.717) is 29.4 Å². The van der Waals surface area contributed by atoms with E-state index in [2.05, 4.69) is 4.98 Å². The van der Waals surface area contributed by atoms with Crippen LogP contribution < -0.4 is 0 Å². The summed E-state index contributed by atoms with van der Waals surface area (Å²) in [6.45, 7) is 0.306. The van der Waals surface area contributed by atoms with E-state index in [9.17, 15) is 22.8 Å². The second kappa shape index (κ2) is 6.22. The lowest BCUT2D eigenvalue weighted by atomic mass is 10.2. The van der Waals surface area contributed by atoms with E-state index in [1.807, 2.05) is 0 Å². The van der Waals surface area contributed by atoms with Gasteiger partial charge in [-0.1, -0.05) is 0 Å². The summed E-state index contributed by atoms with van der Waals surface area (Å²) < 4.78 is 37.5. The molecule has 21 heavy (non-hydrogen) atoms. The summed E-state index contributed by atoms with van der Waals surface area (Å²) in [5.74, 6) is -0.616. The van der Waals surface area contributed by atoms with Crippen LogP contribution in [0, 0.1) is 0 Å². The predicted molar refractivity (Wildman–Crippen MR) is 71.5 cm³/mol. The van der Waals surface area contributed by atoms with Gasteiger partial charge in [-0.15, -0.1) is 11.3 Å². The summed E-state index contributed by atoms with van der Waals surface area (Å²) in [5.41, 5.74) is -0.283. The Morgan fingerprint density at radius 3 is 2.76 bits per heavy atom.